The summed E-state index contributed by atoms with van der Waals surface area (Å²) in [7, 11) is 0. The molecule has 36 heavy (non-hydrogen) atoms. The summed E-state index contributed by atoms with van der Waals surface area (Å²) in [6.45, 7) is 8.34. The molecule has 186 valence electrons. The van der Waals surface area contributed by atoms with Crippen LogP contribution in [0, 0.1) is 6.92 Å². The lowest BCUT2D eigenvalue weighted by Gasteiger charge is -2.18. The normalized spacial score (nSPS) is 12.1. The zero-order chi connectivity index (χ0) is 26.0. The second-order valence-electron chi connectivity index (χ2n) is 8.69. The van der Waals surface area contributed by atoms with E-state index in [9.17, 15) is 18.0 Å². The molecule has 3 aromatic carbocycles. The zero-order valence-electron chi connectivity index (χ0n) is 20.4. The Hall–Kier alpha value is -3.94. The van der Waals surface area contributed by atoms with Gasteiger partial charge in [-0.05, 0) is 61.2 Å². The molecule has 0 bridgehead atoms. The molecule has 0 saturated carbocycles. The lowest BCUT2D eigenvalue weighted by molar-refractivity contribution is -0.137. The van der Waals surface area contributed by atoms with Gasteiger partial charge in [0.2, 0.25) is 0 Å². The molecule has 0 aliphatic heterocycles. The van der Waals surface area contributed by atoms with Crippen LogP contribution in [0.15, 0.2) is 70.6 Å². The summed E-state index contributed by atoms with van der Waals surface area (Å²) in [6.07, 6.45) is -3.51. The van der Waals surface area contributed by atoms with Crippen molar-refractivity contribution in [1.82, 2.24) is 9.66 Å². The third kappa shape index (κ3) is 4.89. The molecule has 1 heterocycles. The van der Waals surface area contributed by atoms with E-state index in [1.165, 1.54) is 18.2 Å². The van der Waals surface area contributed by atoms with Crippen molar-refractivity contribution >= 4 is 17.1 Å². The Morgan fingerprint density at radius 3 is 2.47 bits per heavy atom. The van der Waals surface area contributed by atoms with Gasteiger partial charge in [0.1, 0.15) is 5.75 Å². The fourth-order valence-corrected chi connectivity index (χ4v) is 4.06. The van der Waals surface area contributed by atoms with Gasteiger partial charge in [-0.25, -0.2) is 4.98 Å². The third-order valence-corrected chi connectivity index (χ3v) is 5.85. The molecule has 0 fully saturated rings. The maximum absolute atomic E-state index is 13.5. The summed E-state index contributed by atoms with van der Waals surface area (Å²) < 4.78 is 47.5. The zero-order valence-corrected chi connectivity index (χ0v) is 20.4. The number of hydrogen-bond acceptors (Lipinski definition) is 4. The van der Waals surface area contributed by atoms with Gasteiger partial charge < -0.3 is 4.74 Å². The Morgan fingerprint density at radius 1 is 1.08 bits per heavy atom. The van der Waals surface area contributed by atoms with Crippen LogP contribution in [-0.2, 0) is 6.18 Å². The van der Waals surface area contributed by atoms with Crippen molar-refractivity contribution in [1.29, 1.82) is 0 Å². The Labute approximate surface area is 206 Å². The van der Waals surface area contributed by atoms with Gasteiger partial charge in [-0.1, -0.05) is 44.2 Å². The molecular weight excluding hydrogens is 467 g/mol. The summed E-state index contributed by atoms with van der Waals surface area (Å²) in [5.74, 6) is 1.10. The average molecular weight is 494 g/mol. The second kappa shape index (κ2) is 9.97. The van der Waals surface area contributed by atoms with E-state index in [0.29, 0.717) is 23.1 Å². The number of hydrogen-bond donors (Lipinski definition) is 0. The first-order chi connectivity index (χ1) is 17.1. The highest BCUT2D eigenvalue weighted by atomic mass is 19.4. The molecule has 0 N–H and O–H groups in total. The first kappa shape index (κ1) is 25.2. The van der Waals surface area contributed by atoms with Crippen molar-refractivity contribution < 1.29 is 17.9 Å². The molecule has 4 rings (SSSR count). The largest absolute Gasteiger partial charge is 0.494 e. The molecule has 4 aromatic rings. The minimum absolute atomic E-state index is 0.119. The predicted molar refractivity (Wildman–Crippen MR) is 136 cm³/mol. The van der Waals surface area contributed by atoms with E-state index in [2.05, 4.69) is 5.10 Å². The molecule has 5 nitrogen and oxygen atoms in total. The van der Waals surface area contributed by atoms with E-state index in [1.54, 1.807) is 24.3 Å². The van der Waals surface area contributed by atoms with E-state index < -0.39 is 17.3 Å². The van der Waals surface area contributed by atoms with Gasteiger partial charge in [0.05, 0.1) is 29.3 Å². The molecule has 0 aliphatic rings. The number of rotatable bonds is 6. The average Bonchev–Trinajstić information content (AvgIpc) is 2.83. The number of benzene rings is 3. The van der Waals surface area contributed by atoms with Crippen molar-refractivity contribution in [3.8, 4) is 17.1 Å². The Morgan fingerprint density at radius 2 is 1.78 bits per heavy atom. The lowest BCUT2D eigenvalue weighted by Crippen LogP contribution is -2.21. The Balaban J connectivity index is 1.99. The van der Waals surface area contributed by atoms with Crippen molar-refractivity contribution in [2.45, 2.75) is 39.8 Å². The van der Waals surface area contributed by atoms with Gasteiger partial charge >= 0.3 is 6.18 Å². The van der Waals surface area contributed by atoms with Crippen LogP contribution in [0.3, 0.4) is 0 Å². The number of para-hydroxylation sites is 1. The highest BCUT2D eigenvalue weighted by molar-refractivity contribution is 5.83. The molecule has 0 saturated heterocycles. The first-order valence-corrected chi connectivity index (χ1v) is 11.6. The summed E-state index contributed by atoms with van der Waals surface area (Å²) in [5.41, 5.74) is 1.38. The number of fused-ring (bicyclic) bond motifs is 1. The molecular formula is C28H26F3N3O2. The number of aryl methyl sites for hydroxylation is 1. The molecule has 1 aromatic heterocycles. The van der Waals surface area contributed by atoms with Crippen LogP contribution in [0.25, 0.3) is 22.3 Å². The molecule has 0 unspecified atom stereocenters. The number of alkyl halides is 3. The molecule has 0 radical (unpaired) electrons. The third-order valence-electron chi connectivity index (χ3n) is 5.85. The summed E-state index contributed by atoms with van der Waals surface area (Å²) in [6, 6.07) is 15.7. The van der Waals surface area contributed by atoms with Crippen LogP contribution in [0.4, 0.5) is 13.2 Å². The summed E-state index contributed by atoms with van der Waals surface area (Å²) >= 11 is 0. The molecule has 0 amide bonds. The van der Waals surface area contributed by atoms with Gasteiger partial charge in [-0.15, -0.1) is 0 Å². The topological polar surface area (TPSA) is 56.5 Å². The molecule has 8 heteroatoms. The van der Waals surface area contributed by atoms with Crippen LogP contribution in [-0.4, -0.2) is 22.5 Å². The second-order valence-corrected chi connectivity index (χ2v) is 8.69. The first-order valence-electron chi connectivity index (χ1n) is 11.6. The summed E-state index contributed by atoms with van der Waals surface area (Å²) in [4.78, 5) is 18.2. The molecule has 0 spiro atoms. The minimum Gasteiger partial charge on any atom is -0.494 e. The van der Waals surface area contributed by atoms with E-state index >= 15 is 0 Å². The van der Waals surface area contributed by atoms with E-state index in [4.69, 9.17) is 9.72 Å². The number of ether oxygens (including phenoxy) is 1. The highest BCUT2D eigenvalue weighted by Crippen LogP contribution is 2.35. The lowest BCUT2D eigenvalue weighted by atomic mass is 9.96. The Bertz CT molecular complexity index is 1500. The van der Waals surface area contributed by atoms with E-state index in [1.807, 2.05) is 39.8 Å². The van der Waals surface area contributed by atoms with Gasteiger partial charge in [0, 0.05) is 11.1 Å². The van der Waals surface area contributed by atoms with Crippen molar-refractivity contribution in [3.05, 3.63) is 93.3 Å². The quantitative estimate of drug-likeness (QED) is 0.278. The van der Waals surface area contributed by atoms with Crippen molar-refractivity contribution in [2.75, 3.05) is 6.61 Å². The predicted octanol–water partition coefficient (Wildman–Crippen LogP) is 6.80. The van der Waals surface area contributed by atoms with Crippen molar-refractivity contribution in [2.24, 2.45) is 5.10 Å². The van der Waals surface area contributed by atoms with Crippen LogP contribution >= 0.6 is 0 Å². The smallest absolute Gasteiger partial charge is 0.417 e. The van der Waals surface area contributed by atoms with Gasteiger partial charge in [-0.3, -0.25) is 4.79 Å². The Kier molecular flexibility index (Phi) is 6.97. The van der Waals surface area contributed by atoms with E-state index in [-0.39, 0.29) is 17.3 Å². The fraction of sp³-hybridized carbons (Fsp3) is 0.250. The van der Waals surface area contributed by atoms with E-state index in [0.717, 1.165) is 33.8 Å². The van der Waals surface area contributed by atoms with Crippen LogP contribution in [0.5, 0.6) is 5.75 Å². The number of nitrogens with zero attached hydrogens (tertiary/aromatic N) is 3. The monoisotopic (exact) mass is 493 g/mol. The van der Waals surface area contributed by atoms with Crippen molar-refractivity contribution in [3.63, 3.8) is 0 Å². The summed E-state index contributed by atoms with van der Waals surface area (Å²) in [5, 5.41) is 4.55. The number of aromatic nitrogens is 2. The van der Waals surface area contributed by atoms with Crippen LogP contribution < -0.4 is 10.3 Å². The standard InChI is InChI=1S/C28H26F3N3O2/c1-5-36-25-14-18(4)22(15-21(25)17(2)3)26-33-24-13-9-7-11-20(24)27(35)34(26)32-16-19-10-6-8-12-23(19)28(29,30)31/h6-17H,5H2,1-4H3. The molecule has 0 aliphatic carbocycles. The molecule has 0 atom stereocenters. The highest BCUT2D eigenvalue weighted by Gasteiger charge is 2.32. The van der Waals surface area contributed by atoms with Crippen LogP contribution in [0.1, 0.15) is 48.9 Å². The fourth-order valence-electron chi connectivity index (χ4n) is 4.06. The maximum Gasteiger partial charge on any atom is 0.417 e. The van der Waals surface area contributed by atoms with Crippen LogP contribution in [0.2, 0.25) is 0 Å². The van der Waals surface area contributed by atoms with Gasteiger partial charge in [0.15, 0.2) is 5.82 Å². The van der Waals surface area contributed by atoms with Gasteiger partial charge in [0.25, 0.3) is 5.56 Å². The van der Waals surface area contributed by atoms with Gasteiger partial charge in [-0.2, -0.15) is 22.9 Å². The SMILES string of the molecule is CCOc1cc(C)c(-c2nc3ccccc3c(=O)n2N=Cc2ccccc2C(F)(F)F)cc1C(C)C. The minimum atomic E-state index is -4.56. The maximum atomic E-state index is 13.5. The number of halogens is 3.